The van der Waals surface area contributed by atoms with Crippen LogP contribution in [-0.4, -0.2) is 35.4 Å². The molecule has 1 unspecified atom stereocenters. The number of guanidine groups is 1. The SMILES string of the molecule is CCNC(=NCCc1cnn(C)c1)NC(C)c1ccc(OCC(C)C)cc1.I. The van der Waals surface area contributed by atoms with Gasteiger partial charge in [-0.2, -0.15) is 5.10 Å². The van der Waals surface area contributed by atoms with E-state index in [1.54, 1.807) is 0 Å². The summed E-state index contributed by atoms with van der Waals surface area (Å²) in [6.07, 6.45) is 4.80. The summed E-state index contributed by atoms with van der Waals surface area (Å²) < 4.78 is 7.57. The summed E-state index contributed by atoms with van der Waals surface area (Å²) in [6, 6.07) is 8.42. The number of hydrogen-bond acceptors (Lipinski definition) is 3. The van der Waals surface area contributed by atoms with Gasteiger partial charge in [-0.15, -0.1) is 24.0 Å². The Morgan fingerprint density at radius 3 is 2.50 bits per heavy atom. The molecular formula is C21H34IN5O. The largest absolute Gasteiger partial charge is 0.493 e. The Morgan fingerprint density at radius 1 is 1.21 bits per heavy atom. The van der Waals surface area contributed by atoms with Gasteiger partial charge >= 0.3 is 0 Å². The normalized spacial score (nSPS) is 12.4. The molecule has 2 N–H and O–H groups in total. The van der Waals surface area contributed by atoms with E-state index in [0.29, 0.717) is 5.92 Å². The molecule has 0 aliphatic heterocycles. The molecule has 0 aliphatic carbocycles. The third-order valence-corrected chi connectivity index (χ3v) is 4.09. The average molecular weight is 499 g/mol. The number of halogens is 1. The molecule has 156 valence electrons. The van der Waals surface area contributed by atoms with Crippen molar-refractivity contribution in [3.8, 4) is 5.75 Å². The molecule has 0 radical (unpaired) electrons. The molecule has 1 aromatic heterocycles. The average Bonchev–Trinajstić information content (AvgIpc) is 3.05. The van der Waals surface area contributed by atoms with Gasteiger partial charge in [0.05, 0.1) is 18.8 Å². The van der Waals surface area contributed by atoms with E-state index in [4.69, 9.17) is 4.74 Å². The van der Waals surface area contributed by atoms with Crippen LogP contribution in [0.25, 0.3) is 0 Å². The molecule has 0 fully saturated rings. The van der Waals surface area contributed by atoms with Gasteiger partial charge in [-0.05, 0) is 49.4 Å². The number of aryl methyl sites for hydroxylation is 1. The number of rotatable bonds is 9. The Hall–Kier alpha value is -1.77. The summed E-state index contributed by atoms with van der Waals surface area (Å²) in [6.45, 7) is 10.8. The number of aliphatic imine (C=N–C) groups is 1. The number of aromatic nitrogens is 2. The highest BCUT2D eigenvalue weighted by molar-refractivity contribution is 14.0. The van der Waals surface area contributed by atoms with Gasteiger partial charge in [0, 0.05) is 26.3 Å². The lowest BCUT2D eigenvalue weighted by atomic mass is 10.1. The van der Waals surface area contributed by atoms with E-state index >= 15 is 0 Å². The third-order valence-electron chi connectivity index (χ3n) is 4.09. The Kier molecular flexibility index (Phi) is 11.0. The van der Waals surface area contributed by atoms with Crippen LogP contribution >= 0.6 is 24.0 Å². The minimum Gasteiger partial charge on any atom is -0.493 e. The van der Waals surface area contributed by atoms with Gasteiger partial charge in [-0.25, -0.2) is 0 Å². The fourth-order valence-electron chi connectivity index (χ4n) is 2.62. The Morgan fingerprint density at radius 2 is 1.93 bits per heavy atom. The second kappa shape index (κ2) is 12.6. The van der Waals surface area contributed by atoms with E-state index in [9.17, 15) is 0 Å². The summed E-state index contributed by atoms with van der Waals surface area (Å²) in [7, 11) is 1.93. The van der Waals surface area contributed by atoms with Gasteiger partial charge in [-0.3, -0.25) is 9.67 Å². The maximum absolute atomic E-state index is 5.76. The molecule has 0 saturated heterocycles. The molecule has 1 atom stereocenters. The molecule has 2 rings (SSSR count). The summed E-state index contributed by atoms with van der Waals surface area (Å²) in [5, 5.41) is 11.0. The molecule has 1 heterocycles. The van der Waals surface area contributed by atoms with E-state index in [1.165, 1.54) is 11.1 Å². The standard InChI is InChI=1S/C21H33N5O.HI/c1-6-22-21(23-12-11-18-13-24-26(5)14-18)25-17(4)19-7-9-20(10-8-19)27-15-16(2)3;/h7-10,13-14,16-17H,6,11-12,15H2,1-5H3,(H2,22,23,25);1H. The van der Waals surface area contributed by atoms with Gasteiger partial charge in [-0.1, -0.05) is 26.0 Å². The first-order valence-electron chi connectivity index (χ1n) is 9.73. The minimum absolute atomic E-state index is 0. The predicted octanol–water partition coefficient (Wildman–Crippen LogP) is 3.93. The van der Waals surface area contributed by atoms with Crippen LogP contribution < -0.4 is 15.4 Å². The van der Waals surface area contributed by atoms with Crippen molar-refractivity contribution in [1.82, 2.24) is 20.4 Å². The Labute approximate surface area is 186 Å². The number of benzene rings is 1. The molecule has 0 saturated carbocycles. The molecule has 0 bridgehead atoms. The van der Waals surface area contributed by atoms with Crippen molar-refractivity contribution in [3.05, 3.63) is 47.8 Å². The first-order valence-corrected chi connectivity index (χ1v) is 9.73. The van der Waals surface area contributed by atoms with Gasteiger partial charge in [0.15, 0.2) is 5.96 Å². The molecule has 2 aromatic rings. The van der Waals surface area contributed by atoms with Crippen LogP contribution in [0.3, 0.4) is 0 Å². The highest BCUT2D eigenvalue weighted by Crippen LogP contribution is 2.18. The van der Waals surface area contributed by atoms with Crippen LogP contribution in [0.2, 0.25) is 0 Å². The first kappa shape index (κ1) is 24.3. The van der Waals surface area contributed by atoms with E-state index in [-0.39, 0.29) is 30.0 Å². The van der Waals surface area contributed by atoms with Crippen molar-refractivity contribution in [2.24, 2.45) is 18.0 Å². The molecule has 6 nitrogen and oxygen atoms in total. The number of nitrogens with zero attached hydrogens (tertiary/aromatic N) is 3. The highest BCUT2D eigenvalue weighted by atomic mass is 127. The lowest BCUT2D eigenvalue weighted by molar-refractivity contribution is 0.271. The zero-order chi connectivity index (χ0) is 19.6. The van der Waals surface area contributed by atoms with Crippen molar-refractivity contribution >= 4 is 29.9 Å². The molecule has 0 spiro atoms. The molecule has 0 amide bonds. The van der Waals surface area contributed by atoms with Crippen LogP contribution in [0.5, 0.6) is 5.75 Å². The van der Waals surface area contributed by atoms with Crippen molar-refractivity contribution in [2.75, 3.05) is 19.7 Å². The number of ether oxygens (including phenoxy) is 1. The maximum Gasteiger partial charge on any atom is 0.191 e. The van der Waals surface area contributed by atoms with Crippen molar-refractivity contribution in [3.63, 3.8) is 0 Å². The molecule has 1 aromatic carbocycles. The van der Waals surface area contributed by atoms with Crippen molar-refractivity contribution in [2.45, 2.75) is 40.2 Å². The summed E-state index contributed by atoms with van der Waals surface area (Å²) >= 11 is 0. The van der Waals surface area contributed by atoms with Crippen LogP contribution in [0.15, 0.2) is 41.7 Å². The van der Waals surface area contributed by atoms with E-state index < -0.39 is 0 Å². The van der Waals surface area contributed by atoms with Gasteiger partial charge in [0.25, 0.3) is 0 Å². The van der Waals surface area contributed by atoms with Gasteiger partial charge < -0.3 is 15.4 Å². The van der Waals surface area contributed by atoms with Crippen molar-refractivity contribution in [1.29, 1.82) is 0 Å². The highest BCUT2D eigenvalue weighted by Gasteiger charge is 2.08. The van der Waals surface area contributed by atoms with Gasteiger partial charge in [0.2, 0.25) is 0 Å². The van der Waals surface area contributed by atoms with E-state index in [2.05, 4.69) is 60.6 Å². The second-order valence-corrected chi connectivity index (χ2v) is 7.17. The fourth-order valence-corrected chi connectivity index (χ4v) is 2.62. The van der Waals surface area contributed by atoms with E-state index in [1.807, 2.05) is 36.3 Å². The van der Waals surface area contributed by atoms with Crippen LogP contribution in [0, 0.1) is 5.92 Å². The lowest BCUT2D eigenvalue weighted by Gasteiger charge is -2.18. The van der Waals surface area contributed by atoms with Crippen LogP contribution in [0.1, 0.15) is 44.9 Å². The molecular weight excluding hydrogens is 465 g/mol. The molecule has 28 heavy (non-hydrogen) atoms. The zero-order valence-corrected chi connectivity index (χ0v) is 19.9. The Bertz CT molecular complexity index is 712. The quantitative estimate of drug-likeness (QED) is 0.312. The topological polar surface area (TPSA) is 63.5 Å². The monoisotopic (exact) mass is 499 g/mol. The Balaban J connectivity index is 0.00000392. The fraction of sp³-hybridized carbons (Fsp3) is 0.524. The molecule has 0 aliphatic rings. The maximum atomic E-state index is 5.76. The number of nitrogens with one attached hydrogen (secondary N) is 2. The predicted molar refractivity (Wildman–Crippen MR) is 127 cm³/mol. The van der Waals surface area contributed by atoms with Crippen LogP contribution in [0.4, 0.5) is 0 Å². The second-order valence-electron chi connectivity index (χ2n) is 7.17. The zero-order valence-electron chi connectivity index (χ0n) is 17.6. The minimum atomic E-state index is 0. The van der Waals surface area contributed by atoms with Gasteiger partial charge in [0.1, 0.15) is 5.75 Å². The van der Waals surface area contributed by atoms with E-state index in [0.717, 1.165) is 37.8 Å². The van der Waals surface area contributed by atoms with Crippen molar-refractivity contribution < 1.29 is 4.74 Å². The smallest absolute Gasteiger partial charge is 0.191 e. The van der Waals surface area contributed by atoms with Crippen LogP contribution in [-0.2, 0) is 13.5 Å². The summed E-state index contributed by atoms with van der Waals surface area (Å²) in [5.41, 5.74) is 2.40. The first-order chi connectivity index (χ1) is 13.0. The third kappa shape index (κ3) is 8.50. The number of hydrogen-bond donors (Lipinski definition) is 2. The summed E-state index contributed by atoms with van der Waals surface area (Å²) in [5.74, 6) is 2.27. The molecule has 7 heteroatoms. The summed E-state index contributed by atoms with van der Waals surface area (Å²) in [4.78, 5) is 4.68. The lowest BCUT2D eigenvalue weighted by Crippen LogP contribution is -2.38.